The van der Waals surface area contributed by atoms with E-state index in [1.54, 1.807) is 0 Å². The zero-order chi connectivity index (χ0) is 9.07. The van der Waals surface area contributed by atoms with Crippen LogP contribution in [0, 0.1) is 0 Å². The molecular weight excluding hydrogens is 189 g/mol. The quantitative estimate of drug-likeness (QED) is 0.391. The molecule has 0 bridgehead atoms. The van der Waals surface area contributed by atoms with Crippen LogP contribution in [0.25, 0.3) is 0 Å². The number of rotatable bonds is 4. The van der Waals surface area contributed by atoms with Gasteiger partial charge in [-0.1, -0.05) is 0 Å². The van der Waals surface area contributed by atoms with Crippen LogP contribution in [0.4, 0.5) is 0 Å². The second-order valence-electron chi connectivity index (χ2n) is 2.12. The van der Waals surface area contributed by atoms with Crippen molar-refractivity contribution in [2.75, 3.05) is 6.16 Å². The van der Waals surface area contributed by atoms with E-state index >= 15 is 0 Å². The molecule has 0 radical (unpaired) electrons. The van der Waals surface area contributed by atoms with Gasteiger partial charge in [0.05, 0.1) is 6.16 Å². The van der Waals surface area contributed by atoms with Gasteiger partial charge in [0.15, 0.2) is 0 Å². The molecule has 7 N–H and O–H groups in total. The van der Waals surface area contributed by atoms with Crippen LogP contribution in [0.5, 0.6) is 0 Å². The second kappa shape index (κ2) is 5.23. The summed E-state index contributed by atoms with van der Waals surface area (Å²) >= 11 is 0. The van der Waals surface area contributed by atoms with Crippen LogP contribution in [0.3, 0.4) is 0 Å². The van der Waals surface area contributed by atoms with Crippen molar-refractivity contribution in [3.63, 3.8) is 0 Å². The van der Waals surface area contributed by atoms with E-state index in [2.05, 4.69) is 0 Å². The Morgan fingerprint density at radius 1 is 1.50 bits per heavy atom. The smallest absolute Gasteiger partial charge is 0.325 e. The van der Waals surface area contributed by atoms with Crippen molar-refractivity contribution in [1.82, 2.24) is 0 Å². The highest BCUT2D eigenvalue weighted by Crippen LogP contribution is 2.35. The normalized spacial score (nSPS) is 13.2. The fraction of sp³-hybridized carbons (Fsp3) is 0.750. The standard InChI is InChI=1S/C4H10NO5P.H2O/c5-3(4(6)7)1-2-11(8,9)10;/h3H,1-2,5H2,(H,6,7)(H2,8,9,10);1H2. The van der Waals surface area contributed by atoms with Crippen molar-refractivity contribution in [3.8, 4) is 0 Å². The molecule has 0 rings (SSSR count). The van der Waals surface area contributed by atoms with Crippen LogP contribution in [-0.2, 0) is 9.36 Å². The Balaban J connectivity index is 0. The van der Waals surface area contributed by atoms with Crippen LogP contribution in [0.2, 0.25) is 0 Å². The van der Waals surface area contributed by atoms with Crippen LogP contribution >= 0.6 is 7.60 Å². The van der Waals surface area contributed by atoms with Crippen molar-refractivity contribution < 1.29 is 29.7 Å². The van der Waals surface area contributed by atoms with E-state index in [9.17, 15) is 9.36 Å². The lowest BCUT2D eigenvalue weighted by Gasteiger charge is -2.06. The topological polar surface area (TPSA) is 152 Å². The molecule has 1 unspecified atom stereocenters. The summed E-state index contributed by atoms with van der Waals surface area (Å²) < 4.78 is 10.2. The van der Waals surface area contributed by atoms with Crippen molar-refractivity contribution in [2.45, 2.75) is 12.5 Å². The van der Waals surface area contributed by atoms with E-state index in [-0.39, 0.29) is 11.9 Å². The summed E-state index contributed by atoms with van der Waals surface area (Å²) in [5.41, 5.74) is 4.98. The average Bonchev–Trinajstić information content (AvgIpc) is 1.80. The number of hydrogen-bond acceptors (Lipinski definition) is 3. The van der Waals surface area contributed by atoms with E-state index in [0.717, 1.165) is 0 Å². The predicted molar refractivity (Wildman–Crippen MR) is 40.8 cm³/mol. The molecule has 0 aromatic carbocycles. The summed E-state index contributed by atoms with van der Waals surface area (Å²) in [6, 6.07) is -1.19. The van der Waals surface area contributed by atoms with Gasteiger partial charge >= 0.3 is 13.6 Å². The molecule has 8 heteroatoms. The Bertz CT molecular complexity index is 188. The Kier molecular flexibility index (Phi) is 6.14. The maximum Gasteiger partial charge on any atom is 0.325 e. The van der Waals surface area contributed by atoms with Crippen molar-refractivity contribution >= 4 is 13.6 Å². The lowest BCUT2D eigenvalue weighted by atomic mass is 10.2. The molecule has 7 nitrogen and oxygen atoms in total. The summed E-state index contributed by atoms with van der Waals surface area (Å²) in [5, 5.41) is 8.20. The first kappa shape index (κ1) is 14.1. The fourth-order valence-corrected chi connectivity index (χ4v) is 1.05. The Morgan fingerprint density at radius 2 is 1.92 bits per heavy atom. The maximum atomic E-state index is 10.2. The molecule has 12 heavy (non-hydrogen) atoms. The molecule has 0 aliphatic heterocycles. The summed E-state index contributed by atoms with van der Waals surface area (Å²) in [6.07, 6.45) is -0.694. The molecule has 0 aromatic heterocycles. The van der Waals surface area contributed by atoms with E-state index in [1.807, 2.05) is 0 Å². The van der Waals surface area contributed by atoms with Gasteiger partial charge in [-0.15, -0.1) is 0 Å². The molecule has 0 heterocycles. The van der Waals surface area contributed by atoms with Crippen LogP contribution in [-0.4, -0.2) is 38.5 Å². The van der Waals surface area contributed by atoms with Gasteiger partial charge < -0.3 is 26.1 Å². The molecule has 0 saturated heterocycles. The highest BCUT2D eigenvalue weighted by atomic mass is 31.2. The molecule has 1 atom stereocenters. The second-order valence-corrected chi connectivity index (χ2v) is 3.90. The minimum atomic E-state index is -4.10. The molecule has 0 aromatic rings. The highest BCUT2D eigenvalue weighted by Gasteiger charge is 2.18. The van der Waals surface area contributed by atoms with Crippen molar-refractivity contribution in [2.24, 2.45) is 5.73 Å². The van der Waals surface area contributed by atoms with Gasteiger partial charge in [0.25, 0.3) is 0 Å². The zero-order valence-electron chi connectivity index (χ0n) is 6.17. The summed E-state index contributed by atoms with van der Waals surface area (Å²) in [4.78, 5) is 26.7. The van der Waals surface area contributed by atoms with Crippen LogP contribution in [0.15, 0.2) is 0 Å². The van der Waals surface area contributed by atoms with Gasteiger partial charge in [0.1, 0.15) is 6.04 Å². The SMILES string of the molecule is NC(CCP(=O)(O)O)C(=O)O.O. The number of carboxylic acid groups (broad SMARTS) is 1. The van der Waals surface area contributed by atoms with Crippen molar-refractivity contribution in [1.29, 1.82) is 0 Å². The molecule has 0 saturated carbocycles. The molecule has 0 fully saturated rings. The van der Waals surface area contributed by atoms with Crippen LogP contribution < -0.4 is 5.73 Å². The van der Waals surface area contributed by atoms with Gasteiger partial charge in [-0.25, -0.2) is 0 Å². The number of hydrogen-bond donors (Lipinski definition) is 4. The summed E-state index contributed by atoms with van der Waals surface area (Å²) in [6.45, 7) is 0. The number of carbonyl (C=O) groups is 1. The lowest BCUT2D eigenvalue weighted by Crippen LogP contribution is -2.30. The third-order valence-electron chi connectivity index (χ3n) is 1.05. The summed E-state index contributed by atoms with van der Waals surface area (Å²) in [7, 11) is -4.10. The Hall–Kier alpha value is -0.460. The fourth-order valence-electron chi connectivity index (χ4n) is 0.431. The number of carboxylic acids is 1. The molecular formula is C4H12NO6P. The number of aliphatic carboxylic acids is 1. The Labute approximate surface area is 68.7 Å². The van der Waals surface area contributed by atoms with E-state index < -0.39 is 25.8 Å². The average molecular weight is 201 g/mol. The summed E-state index contributed by atoms with van der Waals surface area (Å²) in [5.74, 6) is -1.25. The van der Waals surface area contributed by atoms with Gasteiger partial charge in [-0.3, -0.25) is 9.36 Å². The van der Waals surface area contributed by atoms with Gasteiger partial charge in [-0.2, -0.15) is 0 Å². The Morgan fingerprint density at radius 3 is 2.17 bits per heavy atom. The molecule has 0 aliphatic carbocycles. The lowest BCUT2D eigenvalue weighted by molar-refractivity contribution is -0.138. The minimum absolute atomic E-state index is 0. The van der Waals surface area contributed by atoms with Gasteiger partial charge in [0, 0.05) is 0 Å². The van der Waals surface area contributed by atoms with E-state index in [0.29, 0.717) is 0 Å². The molecule has 74 valence electrons. The van der Waals surface area contributed by atoms with Crippen molar-refractivity contribution in [3.05, 3.63) is 0 Å². The van der Waals surface area contributed by atoms with E-state index in [1.165, 1.54) is 0 Å². The minimum Gasteiger partial charge on any atom is -0.480 e. The monoisotopic (exact) mass is 201 g/mol. The first-order valence-electron chi connectivity index (χ1n) is 2.86. The van der Waals surface area contributed by atoms with Gasteiger partial charge in [-0.05, 0) is 6.42 Å². The first-order chi connectivity index (χ1) is 4.83. The number of nitrogens with two attached hydrogens (primary N) is 1. The third kappa shape index (κ3) is 7.64. The van der Waals surface area contributed by atoms with Gasteiger partial charge in [0.2, 0.25) is 0 Å². The first-order valence-corrected chi connectivity index (χ1v) is 4.65. The molecule has 0 amide bonds. The van der Waals surface area contributed by atoms with E-state index in [4.69, 9.17) is 20.6 Å². The maximum absolute atomic E-state index is 10.2. The molecule has 0 aliphatic rings. The third-order valence-corrected chi connectivity index (χ3v) is 1.89. The predicted octanol–water partition coefficient (Wildman–Crippen LogP) is -1.86. The molecule has 0 spiro atoms. The largest absolute Gasteiger partial charge is 0.480 e. The van der Waals surface area contributed by atoms with Crippen LogP contribution in [0.1, 0.15) is 6.42 Å². The highest BCUT2D eigenvalue weighted by molar-refractivity contribution is 7.51. The zero-order valence-corrected chi connectivity index (χ0v) is 7.07.